The monoisotopic (exact) mass is 420 g/mol. The number of carbonyl (C=O) groups excluding carboxylic acids is 3. The number of ether oxygens (including phenoxy) is 2. The Morgan fingerprint density at radius 1 is 1.21 bits per heavy atom. The van der Waals surface area contributed by atoms with Gasteiger partial charge in [0.05, 0.1) is 17.9 Å². The molecule has 1 saturated heterocycles. The van der Waals surface area contributed by atoms with Crippen molar-refractivity contribution in [1.82, 2.24) is 10.2 Å². The predicted octanol–water partition coefficient (Wildman–Crippen LogP) is 1.26. The molecule has 1 unspecified atom stereocenters. The topological polar surface area (TPSA) is 119 Å². The second kappa shape index (κ2) is 10.6. The summed E-state index contributed by atoms with van der Waals surface area (Å²) >= 11 is 0. The van der Waals surface area contributed by atoms with Crippen LogP contribution in [0.5, 0.6) is 0 Å². The van der Waals surface area contributed by atoms with E-state index in [4.69, 9.17) is 9.47 Å². The van der Waals surface area contributed by atoms with E-state index in [9.17, 15) is 22.8 Å². The molecule has 0 saturated carbocycles. The largest absolute Gasteiger partial charge is 0.456 e. The highest BCUT2D eigenvalue weighted by atomic mass is 32.2. The molecule has 0 aromatic rings. The zero-order valence-corrected chi connectivity index (χ0v) is 18.0. The minimum absolute atomic E-state index is 0.0301. The van der Waals surface area contributed by atoms with E-state index in [2.05, 4.69) is 5.32 Å². The first-order chi connectivity index (χ1) is 12.9. The van der Waals surface area contributed by atoms with Crippen molar-refractivity contribution in [2.24, 2.45) is 0 Å². The third kappa shape index (κ3) is 9.38. The summed E-state index contributed by atoms with van der Waals surface area (Å²) in [5.41, 5.74) is -0.632. The van der Waals surface area contributed by atoms with Crippen molar-refractivity contribution in [3.8, 4) is 0 Å². The van der Waals surface area contributed by atoms with Crippen molar-refractivity contribution in [3.05, 3.63) is 0 Å². The van der Waals surface area contributed by atoms with Crippen LogP contribution in [0, 0.1) is 0 Å². The lowest BCUT2D eigenvalue weighted by Gasteiger charge is -2.28. The van der Waals surface area contributed by atoms with Gasteiger partial charge < -0.3 is 19.7 Å². The maximum atomic E-state index is 12.5. The van der Waals surface area contributed by atoms with Gasteiger partial charge in [-0.3, -0.25) is 9.59 Å². The molecule has 1 rings (SSSR count). The van der Waals surface area contributed by atoms with Crippen LogP contribution in [0.25, 0.3) is 0 Å². The Morgan fingerprint density at radius 3 is 2.43 bits per heavy atom. The van der Waals surface area contributed by atoms with Gasteiger partial charge in [0, 0.05) is 19.1 Å². The molecule has 1 N–H and O–H groups in total. The number of rotatable bonds is 9. The summed E-state index contributed by atoms with van der Waals surface area (Å²) in [6.45, 7) is 7.19. The number of unbranched alkanes of at least 4 members (excludes halogenated alkanes) is 1. The fourth-order valence-corrected chi connectivity index (χ4v) is 4.47. The Labute approximate surface area is 167 Å². The van der Waals surface area contributed by atoms with E-state index < -0.39 is 40.0 Å². The molecule has 28 heavy (non-hydrogen) atoms. The molecule has 162 valence electrons. The Bertz CT molecular complexity index is 655. The Hall–Kier alpha value is -1.84. The molecule has 0 aliphatic carbocycles. The number of amides is 2. The highest BCUT2D eigenvalue weighted by Gasteiger charge is 2.34. The molecule has 0 aromatic heterocycles. The van der Waals surface area contributed by atoms with Gasteiger partial charge in [0.15, 0.2) is 16.4 Å². The second-order valence-electron chi connectivity index (χ2n) is 7.84. The summed E-state index contributed by atoms with van der Waals surface area (Å²) in [6.07, 6.45) is 1.28. The Morgan fingerprint density at radius 2 is 1.89 bits per heavy atom. The van der Waals surface area contributed by atoms with E-state index in [1.165, 1.54) is 4.90 Å². The Kier molecular flexibility index (Phi) is 9.19. The standard InChI is InChI=1S/C18H32N2O7S/c1-5-6-10-20(14-8-11-28(24,25)13-14)15(21)12-26-16(22)7-9-19-17(23)27-18(2,3)4/h14H,5-13H2,1-4H3,(H,19,23). The number of alkyl carbamates (subject to hydrolysis) is 1. The van der Waals surface area contributed by atoms with Crippen molar-refractivity contribution >= 4 is 27.8 Å². The normalized spacial score (nSPS) is 18.4. The summed E-state index contributed by atoms with van der Waals surface area (Å²) in [6, 6.07) is -0.364. The molecule has 1 fully saturated rings. The number of hydrogen-bond acceptors (Lipinski definition) is 7. The average molecular weight is 421 g/mol. The molecule has 0 aromatic carbocycles. The minimum atomic E-state index is -3.12. The van der Waals surface area contributed by atoms with Crippen molar-refractivity contribution in [3.63, 3.8) is 0 Å². The van der Waals surface area contributed by atoms with E-state index in [0.29, 0.717) is 13.0 Å². The van der Waals surface area contributed by atoms with E-state index in [1.807, 2.05) is 6.92 Å². The van der Waals surface area contributed by atoms with Crippen LogP contribution in [0.3, 0.4) is 0 Å². The van der Waals surface area contributed by atoms with Crippen LogP contribution < -0.4 is 5.32 Å². The number of carbonyl (C=O) groups is 3. The van der Waals surface area contributed by atoms with Crippen molar-refractivity contribution < 1.29 is 32.3 Å². The van der Waals surface area contributed by atoms with E-state index in [1.54, 1.807) is 20.8 Å². The van der Waals surface area contributed by atoms with Gasteiger partial charge in [-0.25, -0.2) is 13.2 Å². The van der Waals surface area contributed by atoms with Gasteiger partial charge in [-0.15, -0.1) is 0 Å². The first-order valence-electron chi connectivity index (χ1n) is 9.56. The fraction of sp³-hybridized carbons (Fsp3) is 0.833. The highest BCUT2D eigenvalue weighted by molar-refractivity contribution is 7.91. The molecule has 1 heterocycles. The summed E-state index contributed by atoms with van der Waals surface area (Å²) < 4.78 is 33.4. The van der Waals surface area contributed by atoms with Crippen molar-refractivity contribution in [2.75, 3.05) is 31.2 Å². The summed E-state index contributed by atoms with van der Waals surface area (Å²) in [4.78, 5) is 37.3. The van der Waals surface area contributed by atoms with Crippen LogP contribution >= 0.6 is 0 Å². The van der Waals surface area contributed by atoms with Crippen LogP contribution in [0.1, 0.15) is 53.4 Å². The number of hydrogen-bond donors (Lipinski definition) is 1. The molecule has 9 nitrogen and oxygen atoms in total. The van der Waals surface area contributed by atoms with Crippen LogP contribution in [-0.2, 0) is 28.9 Å². The quantitative estimate of drug-likeness (QED) is 0.558. The Balaban J connectivity index is 2.42. The van der Waals surface area contributed by atoms with Crippen molar-refractivity contribution in [1.29, 1.82) is 0 Å². The first-order valence-corrected chi connectivity index (χ1v) is 11.4. The molecule has 1 atom stereocenters. The van der Waals surface area contributed by atoms with Crippen LogP contribution in [-0.4, -0.2) is 74.1 Å². The maximum absolute atomic E-state index is 12.5. The van der Waals surface area contributed by atoms with Crippen molar-refractivity contribution in [2.45, 2.75) is 65.0 Å². The minimum Gasteiger partial charge on any atom is -0.456 e. The van der Waals surface area contributed by atoms with Gasteiger partial charge in [-0.2, -0.15) is 0 Å². The predicted molar refractivity (Wildman–Crippen MR) is 103 cm³/mol. The van der Waals surface area contributed by atoms with Gasteiger partial charge in [0.1, 0.15) is 5.60 Å². The third-order valence-corrected chi connectivity index (χ3v) is 5.83. The zero-order valence-electron chi connectivity index (χ0n) is 17.2. The number of sulfone groups is 1. The average Bonchev–Trinajstić information content (AvgIpc) is 2.91. The SMILES string of the molecule is CCCCN(C(=O)COC(=O)CCNC(=O)OC(C)(C)C)C1CCS(=O)(=O)C1. The molecular weight excluding hydrogens is 388 g/mol. The number of esters is 1. The van der Waals surface area contributed by atoms with Crippen LogP contribution in [0.15, 0.2) is 0 Å². The lowest BCUT2D eigenvalue weighted by atomic mass is 10.2. The van der Waals surface area contributed by atoms with Gasteiger partial charge >= 0.3 is 12.1 Å². The smallest absolute Gasteiger partial charge is 0.407 e. The van der Waals surface area contributed by atoms with E-state index >= 15 is 0 Å². The summed E-state index contributed by atoms with van der Waals surface area (Å²) in [5, 5.41) is 2.44. The fourth-order valence-electron chi connectivity index (χ4n) is 2.74. The van der Waals surface area contributed by atoms with Gasteiger partial charge in [-0.1, -0.05) is 13.3 Å². The van der Waals surface area contributed by atoms with Gasteiger partial charge in [0.2, 0.25) is 0 Å². The second-order valence-corrected chi connectivity index (χ2v) is 10.1. The third-order valence-electron chi connectivity index (χ3n) is 4.08. The summed E-state index contributed by atoms with van der Waals surface area (Å²) in [5.74, 6) is -0.997. The lowest BCUT2D eigenvalue weighted by Crippen LogP contribution is -2.44. The maximum Gasteiger partial charge on any atom is 0.407 e. The molecule has 0 spiro atoms. The number of nitrogens with one attached hydrogen (secondary N) is 1. The molecular formula is C18H32N2O7S. The first kappa shape index (κ1) is 24.2. The highest BCUT2D eigenvalue weighted by Crippen LogP contribution is 2.18. The molecule has 0 radical (unpaired) electrons. The van der Waals surface area contributed by atoms with Gasteiger partial charge in [0.25, 0.3) is 5.91 Å². The zero-order chi connectivity index (χ0) is 21.4. The number of nitrogens with zero attached hydrogens (tertiary/aromatic N) is 1. The molecule has 10 heteroatoms. The molecule has 1 aliphatic heterocycles. The van der Waals surface area contributed by atoms with Crippen LogP contribution in [0.4, 0.5) is 4.79 Å². The molecule has 0 bridgehead atoms. The van der Waals surface area contributed by atoms with E-state index in [-0.39, 0.29) is 30.5 Å². The molecule has 2 amide bonds. The van der Waals surface area contributed by atoms with Crippen LogP contribution in [0.2, 0.25) is 0 Å². The van der Waals surface area contributed by atoms with Gasteiger partial charge in [-0.05, 0) is 33.6 Å². The molecule has 1 aliphatic rings. The summed E-state index contributed by atoms with van der Waals surface area (Å²) in [7, 11) is -3.12. The lowest BCUT2D eigenvalue weighted by molar-refractivity contribution is -0.152. The van der Waals surface area contributed by atoms with E-state index in [0.717, 1.165) is 12.8 Å².